The van der Waals surface area contributed by atoms with Gasteiger partial charge in [-0.05, 0) is 36.4 Å². The Kier molecular flexibility index (Phi) is 4.84. The van der Waals surface area contributed by atoms with E-state index in [1.807, 2.05) is 54.6 Å². The zero-order valence-electron chi connectivity index (χ0n) is 12.2. The second kappa shape index (κ2) is 6.86. The van der Waals surface area contributed by atoms with Crippen LogP contribution in [0.2, 0.25) is 0 Å². The van der Waals surface area contributed by atoms with E-state index in [2.05, 4.69) is 15.9 Å². The predicted molar refractivity (Wildman–Crippen MR) is 103 cm³/mol. The van der Waals surface area contributed by atoms with Gasteiger partial charge in [-0.3, -0.25) is 9.69 Å². The quantitative estimate of drug-likeness (QED) is 0.538. The number of amides is 1. The first-order valence-corrected chi connectivity index (χ1v) is 8.78. The van der Waals surface area contributed by atoms with Crippen LogP contribution < -0.4 is 9.64 Å². The lowest BCUT2D eigenvalue weighted by Gasteiger charge is -2.14. The van der Waals surface area contributed by atoms with Crippen LogP contribution in [0.1, 0.15) is 5.56 Å². The molecule has 1 saturated heterocycles. The van der Waals surface area contributed by atoms with Gasteiger partial charge >= 0.3 is 0 Å². The molecule has 3 rings (SSSR count). The van der Waals surface area contributed by atoms with Gasteiger partial charge in [-0.1, -0.05) is 58.1 Å². The smallest absolute Gasteiger partial charge is 0.270 e. The molecule has 0 aliphatic carbocycles. The largest absolute Gasteiger partial charge is 0.496 e. The van der Waals surface area contributed by atoms with E-state index in [0.717, 1.165) is 21.5 Å². The Morgan fingerprint density at radius 1 is 1.17 bits per heavy atom. The van der Waals surface area contributed by atoms with Crippen molar-refractivity contribution < 1.29 is 9.53 Å². The molecule has 0 aromatic heterocycles. The number of anilines is 1. The van der Waals surface area contributed by atoms with Gasteiger partial charge in [-0.15, -0.1) is 0 Å². The van der Waals surface area contributed by atoms with Gasteiger partial charge in [-0.25, -0.2) is 0 Å². The van der Waals surface area contributed by atoms with E-state index in [0.29, 0.717) is 9.23 Å². The molecular formula is C17H12BrNO2S2. The fourth-order valence-electron chi connectivity index (χ4n) is 2.21. The summed E-state index contributed by atoms with van der Waals surface area (Å²) in [5.41, 5.74) is 1.62. The number of ether oxygens (including phenoxy) is 1. The van der Waals surface area contributed by atoms with Crippen LogP contribution in [0.15, 0.2) is 57.9 Å². The van der Waals surface area contributed by atoms with Crippen LogP contribution in [-0.2, 0) is 4.79 Å². The Labute approximate surface area is 152 Å². The van der Waals surface area contributed by atoms with Gasteiger partial charge in [0.2, 0.25) is 0 Å². The molecule has 3 nitrogen and oxygen atoms in total. The number of methoxy groups -OCH3 is 1. The highest BCUT2D eigenvalue weighted by Gasteiger charge is 2.33. The maximum atomic E-state index is 12.7. The van der Waals surface area contributed by atoms with Crippen molar-refractivity contribution in [2.24, 2.45) is 0 Å². The van der Waals surface area contributed by atoms with Crippen molar-refractivity contribution in [2.45, 2.75) is 0 Å². The highest BCUT2D eigenvalue weighted by atomic mass is 79.9. The Morgan fingerprint density at radius 3 is 2.57 bits per heavy atom. The molecule has 1 amide bonds. The topological polar surface area (TPSA) is 29.5 Å². The van der Waals surface area contributed by atoms with Crippen LogP contribution in [0.5, 0.6) is 5.75 Å². The average molecular weight is 406 g/mol. The molecule has 1 heterocycles. The van der Waals surface area contributed by atoms with E-state index < -0.39 is 0 Å². The fraction of sp³-hybridized carbons (Fsp3) is 0.0588. The van der Waals surface area contributed by atoms with Crippen molar-refractivity contribution >= 4 is 61.9 Å². The van der Waals surface area contributed by atoms with Crippen LogP contribution in [0.4, 0.5) is 5.69 Å². The predicted octanol–water partition coefficient (Wildman–Crippen LogP) is 4.86. The number of carbonyl (C=O) groups excluding carboxylic acids is 1. The van der Waals surface area contributed by atoms with Gasteiger partial charge < -0.3 is 4.74 Å². The summed E-state index contributed by atoms with van der Waals surface area (Å²) in [7, 11) is 1.61. The molecule has 2 aromatic carbocycles. The highest BCUT2D eigenvalue weighted by Crippen LogP contribution is 2.37. The average Bonchev–Trinajstić information content (AvgIpc) is 2.83. The van der Waals surface area contributed by atoms with Gasteiger partial charge in [0, 0.05) is 10.0 Å². The number of thioether (sulfide) groups is 1. The van der Waals surface area contributed by atoms with Crippen molar-refractivity contribution in [3.8, 4) is 5.75 Å². The van der Waals surface area contributed by atoms with Crippen LogP contribution in [-0.4, -0.2) is 17.3 Å². The SMILES string of the molecule is COc1ccccc1/C=C1/SC(=S)N(c2ccc(Br)cc2)C1=O. The van der Waals surface area contributed by atoms with Gasteiger partial charge in [-0.2, -0.15) is 0 Å². The minimum atomic E-state index is -0.117. The summed E-state index contributed by atoms with van der Waals surface area (Å²) in [4.78, 5) is 14.8. The maximum Gasteiger partial charge on any atom is 0.270 e. The summed E-state index contributed by atoms with van der Waals surface area (Å²) in [6.07, 6.45) is 1.82. The molecule has 116 valence electrons. The minimum Gasteiger partial charge on any atom is -0.496 e. The van der Waals surface area contributed by atoms with Crippen LogP contribution >= 0.6 is 39.9 Å². The maximum absolute atomic E-state index is 12.7. The first-order chi connectivity index (χ1) is 11.1. The van der Waals surface area contributed by atoms with Crippen molar-refractivity contribution in [3.05, 3.63) is 63.5 Å². The molecule has 0 radical (unpaired) electrons. The lowest BCUT2D eigenvalue weighted by molar-refractivity contribution is -0.113. The molecule has 2 aromatic rings. The van der Waals surface area contributed by atoms with E-state index >= 15 is 0 Å². The molecule has 1 aliphatic rings. The monoisotopic (exact) mass is 405 g/mol. The lowest BCUT2D eigenvalue weighted by Crippen LogP contribution is -2.27. The van der Waals surface area contributed by atoms with Crippen LogP contribution in [0, 0.1) is 0 Å². The van der Waals surface area contributed by atoms with Gasteiger partial charge in [0.05, 0.1) is 17.7 Å². The van der Waals surface area contributed by atoms with E-state index in [9.17, 15) is 4.79 Å². The summed E-state index contributed by atoms with van der Waals surface area (Å²) in [6.45, 7) is 0. The molecule has 0 bridgehead atoms. The Balaban J connectivity index is 1.95. The fourth-order valence-corrected chi connectivity index (χ4v) is 3.76. The second-order valence-corrected chi connectivity index (χ2v) is 7.33. The normalized spacial score (nSPS) is 16.3. The summed E-state index contributed by atoms with van der Waals surface area (Å²) in [5.74, 6) is 0.606. The minimum absolute atomic E-state index is 0.117. The van der Waals surface area contributed by atoms with Gasteiger partial charge in [0.25, 0.3) is 5.91 Å². The molecular weight excluding hydrogens is 394 g/mol. The molecule has 0 unspecified atom stereocenters. The first kappa shape index (κ1) is 16.2. The number of thiocarbonyl (C=S) groups is 1. The molecule has 6 heteroatoms. The second-order valence-electron chi connectivity index (χ2n) is 4.74. The molecule has 0 spiro atoms. The van der Waals surface area contributed by atoms with Crippen LogP contribution in [0.25, 0.3) is 6.08 Å². The Bertz CT molecular complexity index is 802. The molecule has 23 heavy (non-hydrogen) atoms. The number of halogens is 1. The number of nitrogens with zero attached hydrogens (tertiary/aromatic N) is 1. The number of benzene rings is 2. The zero-order chi connectivity index (χ0) is 16.4. The Hall–Kier alpha value is -1.63. The summed E-state index contributed by atoms with van der Waals surface area (Å²) in [5, 5.41) is 0. The number of carbonyl (C=O) groups is 1. The third kappa shape index (κ3) is 3.34. The first-order valence-electron chi connectivity index (χ1n) is 6.76. The number of hydrogen-bond acceptors (Lipinski definition) is 4. The standard InChI is InChI=1S/C17H12BrNO2S2/c1-21-14-5-3-2-4-11(14)10-15-16(20)19(17(22)23-15)13-8-6-12(18)7-9-13/h2-10H,1H3/b15-10+. The molecule has 0 atom stereocenters. The van der Waals surface area contributed by atoms with Crippen LogP contribution in [0.3, 0.4) is 0 Å². The molecule has 0 N–H and O–H groups in total. The van der Waals surface area contributed by atoms with Crippen molar-refractivity contribution in [3.63, 3.8) is 0 Å². The van der Waals surface area contributed by atoms with E-state index in [1.54, 1.807) is 12.0 Å². The van der Waals surface area contributed by atoms with E-state index in [-0.39, 0.29) is 5.91 Å². The number of rotatable bonds is 3. The summed E-state index contributed by atoms with van der Waals surface area (Å²) >= 11 is 10.1. The summed E-state index contributed by atoms with van der Waals surface area (Å²) in [6, 6.07) is 15.1. The third-order valence-corrected chi connectivity index (χ3v) is 5.13. The molecule has 0 saturated carbocycles. The van der Waals surface area contributed by atoms with E-state index in [1.165, 1.54) is 11.8 Å². The van der Waals surface area contributed by atoms with Crippen molar-refractivity contribution in [1.29, 1.82) is 0 Å². The van der Waals surface area contributed by atoms with E-state index in [4.69, 9.17) is 17.0 Å². The molecule has 1 fully saturated rings. The van der Waals surface area contributed by atoms with Crippen molar-refractivity contribution in [1.82, 2.24) is 0 Å². The Morgan fingerprint density at radius 2 is 1.87 bits per heavy atom. The third-order valence-electron chi connectivity index (χ3n) is 3.30. The number of hydrogen-bond donors (Lipinski definition) is 0. The van der Waals surface area contributed by atoms with Gasteiger partial charge in [0.1, 0.15) is 5.75 Å². The zero-order valence-corrected chi connectivity index (χ0v) is 15.4. The van der Waals surface area contributed by atoms with Crippen molar-refractivity contribution in [2.75, 3.05) is 12.0 Å². The highest BCUT2D eigenvalue weighted by molar-refractivity contribution is 9.10. The summed E-state index contributed by atoms with van der Waals surface area (Å²) < 4.78 is 6.81. The molecule has 1 aliphatic heterocycles. The van der Waals surface area contributed by atoms with Gasteiger partial charge in [0.15, 0.2) is 4.32 Å². The number of para-hydroxylation sites is 1. The lowest BCUT2D eigenvalue weighted by atomic mass is 10.2.